The van der Waals surface area contributed by atoms with Gasteiger partial charge in [0.1, 0.15) is 10.5 Å². The highest BCUT2D eigenvalue weighted by atomic mass is 35.5. The summed E-state index contributed by atoms with van der Waals surface area (Å²) in [5.74, 6) is -0.0318. The number of fused-ring (bicyclic) bond motifs is 1. The van der Waals surface area contributed by atoms with Gasteiger partial charge in [-0.1, -0.05) is 11.8 Å². The van der Waals surface area contributed by atoms with Gasteiger partial charge in [0.2, 0.25) is 11.2 Å². The second-order valence-electron chi connectivity index (χ2n) is 5.40. The first kappa shape index (κ1) is 17.4. The molecule has 24 heavy (non-hydrogen) atoms. The first-order valence-corrected chi connectivity index (χ1v) is 9.00. The van der Waals surface area contributed by atoms with Gasteiger partial charge in [0.15, 0.2) is 5.65 Å². The number of morpholine rings is 1. The monoisotopic (exact) mass is 370 g/mol. The number of imidazole rings is 1. The number of ether oxygens (including phenoxy) is 1. The van der Waals surface area contributed by atoms with Crippen molar-refractivity contribution in [2.24, 2.45) is 0 Å². The van der Waals surface area contributed by atoms with Crippen LogP contribution in [0.3, 0.4) is 0 Å². The number of nitrogens with one attached hydrogen (secondary N) is 2. The van der Waals surface area contributed by atoms with E-state index in [0.717, 1.165) is 32.8 Å². The zero-order valence-corrected chi connectivity index (χ0v) is 14.9. The summed E-state index contributed by atoms with van der Waals surface area (Å²) in [4.78, 5) is 29.8. The van der Waals surface area contributed by atoms with Crippen LogP contribution < -0.4 is 5.32 Å². The van der Waals surface area contributed by atoms with Crippen LogP contribution >= 0.6 is 23.4 Å². The third-order valence-electron chi connectivity index (χ3n) is 3.71. The number of thioether (sulfide) groups is 1. The van der Waals surface area contributed by atoms with Crippen molar-refractivity contribution in [1.82, 2.24) is 30.2 Å². The van der Waals surface area contributed by atoms with Crippen LogP contribution in [0.2, 0.25) is 5.28 Å². The maximum absolute atomic E-state index is 12.3. The quantitative estimate of drug-likeness (QED) is 0.443. The molecule has 2 aromatic rings. The lowest BCUT2D eigenvalue weighted by Crippen LogP contribution is -2.42. The maximum Gasteiger partial charge on any atom is 0.233 e. The van der Waals surface area contributed by atoms with Crippen LogP contribution in [0.5, 0.6) is 0 Å². The number of carbonyl (C=O) groups excluding carboxylic acids is 1. The molecule has 1 saturated heterocycles. The van der Waals surface area contributed by atoms with E-state index in [9.17, 15) is 4.79 Å². The van der Waals surface area contributed by atoms with Crippen molar-refractivity contribution in [1.29, 1.82) is 0 Å². The van der Waals surface area contributed by atoms with Crippen molar-refractivity contribution in [2.45, 2.75) is 17.2 Å². The molecule has 0 saturated carbocycles. The summed E-state index contributed by atoms with van der Waals surface area (Å²) in [6, 6.07) is 0. The predicted octanol–water partition coefficient (Wildman–Crippen LogP) is 0.935. The van der Waals surface area contributed by atoms with Crippen LogP contribution in [-0.4, -0.2) is 75.4 Å². The molecule has 1 aliphatic heterocycles. The Morgan fingerprint density at radius 2 is 2.29 bits per heavy atom. The van der Waals surface area contributed by atoms with E-state index in [1.165, 1.54) is 18.1 Å². The van der Waals surface area contributed by atoms with Gasteiger partial charge in [-0.25, -0.2) is 9.97 Å². The Morgan fingerprint density at radius 3 is 3.08 bits per heavy atom. The van der Waals surface area contributed by atoms with E-state index in [1.54, 1.807) is 0 Å². The zero-order chi connectivity index (χ0) is 16.9. The topological polar surface area (TPSA) is 96.0 Å². The van der Waals surface area contributed by atoms with E-state index >= 15 is 0 Å². The minimum Gasteiger partial charge on any atom is -0.379 e. The molecule has 10 heteroatoms. The lowest BCUT2D eigenvalue weighted by atomic mass is 10.4. The molecular formula is C14H19ClN6O2S. The van der Waals surface area contributed by atoms with Gasteiger partial charge in [0.25, 0.3) is 0 Å². The number of nitrogens with zero attached hydrogens (tertiary/aromatic N) is 4. The van der Waals surface area contributed by atoms with Gasteiger partial charge in [0, 0.05) is 26.2 Å². The van der Waals surface area contributed by atoms with E-state index in [-0.39, 0.29) is 16.4 Å². The molecule has 2 N–H and O–H groups in total. The third-order valence-corrected chi connectivity index (χ3v) is 4.97. The standard InChI is InChI=1S/C14H19ClN6O2S/c1-9(12(22)16-2-3-21-4-6-23-7-5-21)24-13-10-11(18-8-17-10)19-14(15)20-13/h8-9H,2-7H2,1H3,(H,16,22)(H,17,18,19,20). The molecule has 130 valence electrons. The van der Waals surface area contributed by atoms with Gasteiger partial charge in [-0.3, -0.25) is 9.69 Å². The molecule has 1 atom stereocenters. The Kier molecular flexibility index (Phi) is 5.88. The summed E-state index contributed by atoms with van der Waals surface area (Å²) in [6.07, 6.45) is 1.53. The van der Waals surface area contributed by atoms with E-state index < -0.39 is 0 Å². The Bertz CT molecular complexity index is 706. The summed E-state index contributed by atoms with van der Waals surface area (Å²) in [5.41, 5.74) is 1.19. The first-order chi connectivity index (χ1) is 11.6. The summed E-state index contributed by atoms with van der Waals surface area (Å²) in [5, 5.41) is 3.41. The SMILES string of the molecule is CC(Sc1nc(Cl)nc2nc[nH]c12)C(=O)NCCN1CCOCC1. The molecule has 0 radical (unpaired) electrons. The average Bonchev–Trinajstić information content (AvgIpc) is 3.04. The number of H-pyrrole nitrogens is 1. The Hall–Kier alpha value is -1.42. The summed E-state index contributed by atoms with van der Waals surface area (Å²) in [7, 11) is 0. The van der Waals surface area contributed by atoms with E-state index in [4.69, 9.17) is 16.3 Å². The lowest BCUT2D eigenvalue weighted by Gasteiger charge is -2.26. The predicted molar refractivity (Wildman–Crippen MR) is 92.3 cm³/mol. The van der Waals surface area contributed by atoms with Crippen LogP contribution in [0.4, 0.5) is 0 Å². The van der Waals surface area contributed by atoms with Gasteiger partial charge in [-0.05, 0) is 18.5 Å². The minimum absolute atomic E-state index is 0.0318. The second kappa shape index (κ2) is 8.11. The number of aromatic nitrogens is 4. The van der Waals surface area contributed by atoms with Crippen LogP contribution in [0.15, 0.2) is 11.4 Å². The van der Waals surface area contributed by atoms with Gasteiger partial charge < -0.3 is 15.0 Å². The zero-order valence-electron chi connectivity index (χ0n) is 13.3. The number of aromatic amines is 1. The summed E-state index contributed by atoms with van der Waals surface area (Å²) in [6.45, 7) is 6.63. The average molecular weight is 371 g/mol. The van der Waals surface area contributed by atoms with E-state index in [2.05, 4.69) is 30.2 Å². The molecule has 3 heterocycles. The fourth-order valence-corrected chi connectivity index (χ4v) is 3.54. The largest absolute Gasteiger partial charge is 0.379 e. The molecule has 8 nitrogen and oxygen atoms in total. The van der Waals surface area contributed by atoms with Crippen LogP contribution in [0.25, 0.3) is 11.2 Å². The second-order valence-corrected chi connectivity index (χ2v) is 7.07. The molecule has 0 spiro atoms. The van der Waals surface area contributed by atoms with Gasteiger partial charge >= 0.3 is 0 Å². The molecule has 1 unspecified atom stereocenters. The molecule has 1 aliphatic rings. The van der Waals surface area contributed by atoms with Crippen molar-refractivity contribution >= 4 is 40.4 Å². The molecule has 3 rings (SSSR count). The number of amides is 1. The Morgan fingerprint density at radius 1 is 1.50 bits per heavy atom. The summed E-state index contributed by atoms with van der Waals surface area (Å²) >= 11 is 7.24. The normalized spacial score (nSPS) is 17.1. The fourth-order valence-electron chi connectivity index (χ4n) is 2.39. The molecule has 0 aromatic carbocycles. The molecule has 2 aromatic heterocycles. The molecule has 1 fully saturated rings. The van der Waals surface area contributed by atoms with Crippen LogP contribution in [-0.2, 0) is 9.53 Å². The highest BCUT2D eigenvalue weighted by molar-refractivity contribution is 8.00. The lowest BCUT2D eigenvalue weighted by molar-refractivity contribution is -0.120. The van der Waals surface area contributed by atoms with Crippen LogP contribution in [0, 0.1) is 0 Å². The van der Waals surface area contributed by atoms with E-state index in [0.29, 0.717) is 22.7 Å². The number of carbonyl (C=O) groups is 1. The highest BCUT2D eigenvalue weighted by Crippen LogP contribution is 2.27. The maximum atomic E-state index is 12.3. The molecular weight excluding hydrogens is 352 g/mol. The van der Waals surface area contributed by atoms with Gasteiger partial charge in [0.05, 0.1) is 24.8 Å². The third kappa shape index (κ3) is 4.35. The molecule has 0 bridgehead atoms. The minimum atomic E-state index is -0.299. The van der Waals surface area contributed by atoms with Gasteiger partial charge in [-0.15, -0.1) is 0 Å². The Labute approximate surface area is 148 Å². The van der Waals surface area contributed by atoms with Crippen molar-refractivity contribution in [3.05, 3.63) is 11.6 Å². The fraction of sp³-hybridized carbons (Fsp3) is 0.571. The van der Waals surface area contributed by atoms with Crippen molar-refractivity contribution in [2.75, 3.05) is 39.4 Å². The van der Waals surface area contributed by atoms with Crippen molar-refractivity contribution in [3.8, 4) is 0 Å². The Balaban J connectivity index is 1.52. The van der Waals surface area contributed by atoms with Crippen molar-refractivity contribution < 1.29 is 9.53 Å². The number of halogens is 1. The first-order valence-electron chi connectivity index (χ1n) is 7.74. The number of hydrogen-bond donors (Lipinski definition) is 2. The smallest absolute Gasteiger partial charge is 0.233 e. The molecule has 0 aliphatic carbocycles. The number of rotatable bonds is 6. The van der Waals surface area contributed by atoms with Crippen LogP contribution in [0.1, 0.15) is 6.92 Å². The van der Waals surface area contributed by atoms with Crippen molar-refractivity contribution in [3.63, 3.8) is 0 Å². The van der Waals surface area contributed by atoms with Gasteiger partial charge in [-0.2, -0.15) is 4.98 Å². The summed E-state index contributed by atoms with van der Waals surface area (Å²) < 4.78 is 5.31. The molecule has 1 amide bonds. The van der Waals surface area contributed by atoms with E-state index in [1.807, 2.05) is 6.92 Å². The highest BCUT2D eigenvalue weighted by Gasteiger charge is 2.19. The number of hydrogen-bond acceptors (Lipinski definition) is 7.